The lowest BCUT2D eigenvalue weighted by atomic mass is 9.70. The van der Waals surface area contributed by atoms with Crippen molar-refractivity contribution in [2.24, 2.45) is 5.41 Å². The van der Waals surface area contributed by atoms with Gasteiger partial charge in [-0.3, -0.25) is 9.20 Å². The summed E-state index contributed by atoms with van der Waals surface area (Å²) in [5.41, 5.74) is 3.68. The second kappa shape index (κ2) is 10.2. The number of benzene rings is 2. The van der Waals surface area contributed by atoms with E-state index in [2.05, 4.69) is 10.2 Å². The fraction of sp³-hybridized carbons (Fsp3) is 0.321. The molecule has 0 aliphatic rings. The fourth-order valence-electron chi connectivity index (χ4n) is 4.63. The lowest BCUT2D eigenvalue weighted by Crippen LogP contribution is -2.34. The minimum absolute atomic E-state index is 0.0768. The predicted molar refractivity (Wildman–Crippen MR) is 135 cm³/mol. The molecule has 0 saturated carbocycles. The Morgan fingerprint density at radius 2 is 1.76 bits per heavy atom. The number of aromatic nitrogens is 3. The number of alkyl halides is 4. The molecular formula is C28H27ClF3N3O2. The summed E-state index contributed by atoms with van der Waals surface area (Å²) in [6.07, 6.45) is -3.35. The molecule has 194 valence electrons. The fourth-order valence-corrected chi connectivity index (χ4v) is 4.92. The monoisotopic (exact) mass is 529 g/mol. The molecule has 0 fully saturated rings. The molecule has 2 heterocycles. The maximum Gasteiger partial charge on any atom is 0.452 e. The van der Waals surface area contributed by atoms with Crippen LogP contribution in [0, 0.1) is 19.3 Å². The molecular weight excluding hydrogens is 503 g/mol. The van der Waals surface area contributed by atoms with E-state index in [0.29, 0.717) is 11.1 Å². The first-order valence-electron chi connectivity index (χ1n) is 11.7. The summed E-state index contributed by atoms with van der Waals surface area (Å²) in [7, 11) is 0. The van der Waals surface area contributed by atoms with E-state index in [1.165, 1.54) is 6.20 Å². The third-order valence-electron chi connectivity index (χ3n) is 6.74. The van der Waals surface area contributed by atoms with Gasteiger partial charge in [0, 0.05) is 18.0 Å². The minimum Gasteiger partial charge on any atom is -0.460 e. The smallest absolute Gasteiger partial charge is 0.452 e. The van der Waals surface area contributed by atoms with Crippen LogP contribution in [-0.4, -0.2) is 20.6 Å². The van der Waals surface area contributed by atoms with E-state index >= 15 is 0 Å². The summed E-state index contributed by atoms with van der Waals surface area (Å²) in [6, 6.07) is 16.7. The number of carbonyl (C=O) groups excluding carboxylic acids is 1. The van der Waals surface area contributed by atoms with Crippen molar-refractivity contribution in [3.63, 3.8) is 0 Å². The van der Waals surface area contributed by atoms with Gasteiger partial charge in [-0.25, -0.2) is 0 Å². The van der Waals surface area contributed by atoms with Crippen LogP contribution >= 0.6 is 11.6 Å². The molecule has 0 spiro atoms. The van der Waals surface area contributed by atoms with Crippen molar-refractivity contribution in [1.82, 2.24) is 14.6 Å². The molecule has 0 radical (unpaired) electrons. The van der Waals surface area contributed by atoms with Crippen LogP contribution in [0.4, 0.5) is 13.2 Å². The first-order valence-corrected chi connectivity index (χ1v) is 12.3. The topological polar surface area (TPSA) is 56.5 Å². The summed E-state index contributed by atoms with van der Waals surface area (Å²) < 4.78 is 47.0. The van der Waals surface area contributed by atoms with E-state index < -0.39 is 29.3 Å². The second-order valence-corrected chi connectivity index (χ2v) is 9.91. The van der Waals surface area contributed by atoms with E-state index in [-0.39, 0.29) is 18.1 Å². The molecule has 0 saturated heterocycles. The number of fused-ring (bicyclic) bond motifs is 1. The van der Waals surface area contributed by atoms with Crippen LogP contribution in [-0.2, 0) is 28.2 Å². The molecule has 4 aromatic rings. The molecule has 1 unspecified atom stereocenters. The number of rotatable bonds is 7. The zero-order chi connectivity index (χ0) is 27.0. The largest absolute Gasteiger partial charge is 0.460 e. The Kier molecular flexibility index (Phi) is 7.33. The second-order valence-electron chi connectivity index (χ2n) is 9.65. The highest BCUT2D eigenvalue weighted by atomic mass is 35.5. The van der Waals surface area contributed by atoms with Gasteiger partial charge < -0.3 is 4.74 Å². The van der Waals surface area contributed by atoms with Gasteiger partial charge in [-0.15, -0.1) is 21.8 Å². The number of aryl methyl sites for hydroxylation is 2. The van der Waals surface area contributed by atoms with Gasteiger partial charge in [-0.05, 0) is 67.1 Å². The number of nitrogens with zero attached hydrogens (tertiary/aromatic N) is 3. The highest BCUT2D eigenvalue weighted by molar-refractivity contribution is 6.17. The molecule has 0 bridgehead atoms. The molecule has 0 aliphatic carbocycles. The van der Waals surface area contributed by atoms with Crippen molar-refractivity contribution < 1.29 is 22.7 Å². The number of hydrogen-bond donors (Lipinski definition) is 0. The molecule has 0 N–H and O–H groups in total. The van der Waals surface area contributed by atoms with Gasteiger partial charge in [0.2, 0.25) is 5.82 Å². The summed E-state index contributed by atoms with van der Waals surface area (Å²) in [5.74, 6) is -1.82. The Labute approximate surface area is 218 Å². The van der Waals surface area contributed by atoms with Crippen molar-refractivity contribution in [2.45, 2.75) is 52.3 Å². The van der Waals surface area contributed by atoms with Crippen molar-refractivity contribution in [2.75, 3.05) is 0 Å². The third-order valence-corrected chi connectivity index (χ3v) is 7.03. The molecule has 9 heteroatoms. The van der Waals surface area contributed by atoms with Gasteiger partial charge in [-0.2, -0.15) is 13.2 Å². The van der Waals surface area contributed by atoms with Crippen LogP contribution in [0.5, 0.6) is 0 Å². The van der Waals surface area contributed by atoms with Crippen molar-refractivity contribution in [1.29, 1.82) is 0 Å². The van der Waals surface area contributed by atoms with Gasteiger partial charge in [-0.1, -0.05) is 48.5 Å². The predicted octanol–water partition coefficient (Wildman–Crippen LogP) is 7.01. The first-order chi connectivity index (χ1) is 17.4. The van der Waals surface area contributed by atoms with Crippen molar-refractivity contribution in [3.05, 3.63) is 100.0 Å². The molecule has 2 aromatic heterocycles. The van der Waals surface area contributed by atoms with Crippen LogP contribution in [0.2, 0.25) is 0 Å². The number of esters is 1. The van der Waals surface area contributed by atoms with E-state index in [4.69, 9.17) is 16.3 Å². The number of carbonyl (C=O) groups is 1. The van der Waals surface area contributed by atoms with Crippen LogP contribution in [0.1, 0.15) is 59.0 Å². The molecule has 5 nitrogen and oxygen atoms in total. The zero-order valence-electron chi connectivity index (χ0n) is 20.9. The number of halogens is 4. The summed E-state index contributed by atoms with van der Waals surface area (Å²) in [6.45, 7) is 7.30. The number of hydrogen-bond acceptors (Lipinski definition) is 4. The van der Waals surface area contributed by atoms with Crippen molar-refractivity contribution in [3.8, 4) is 0 Å². The summed E-state index contributed by atoms with van der Waals surface area (Å²) in [5, 5.41) is 7.21. The Balaban J connectivity index is 1.83. The van der Waals surface area contributed by atoms with Gasteiger partial charge in [0.1, 0.15) is 6.61 Å². The van der Waals surface area contributed by atoms with Crippen LogP contribution in [0.25, 0.3) is 5.65 Å². The molecule has 37 heavy (non-hydrogen) atoms. The normalized spacial score (nSPS) is 13.1. The molecule has 0 amide bonds. The van der Waals surface area contributed by atoms with Gasteiger partial charge >= 0.3 is 12.1 Å². The molecule has 2 aromatic carbocycles. The Morgan fingerprint density at radius 3 is 2.41 bits per heavy atom. The standard InChI is InChI=1S/C28H27ClF3N3O2/c1-17-10-11-20(14-21(17)15-29)23(27(3,4)26(36)37-16-19-8-6-5-7-9-19)22-12-13-35-24(18(22)2)33-34-25(35)28(30,31)32/h5-14,23H,15-16H2,1-4H3. The van der Waals surface area contributed by atoms with Gasteiger partial charge in [0.05, 0.1) is 5.41 Å². The lowest BCUT2D eigenvalue weighted by molar-refractivity contribution is -0.156. The zero-order valence-corrected chi connectivity index (χ0v) is 21.7. The Bertz CT molecular complexity index is 1430. The Hall–Kier alpha value is -3.39. The van der Waals surface area contributed by atoms with Crippen LogP contribution < -0.4 is 0 Å². The minimum atomic E-state index is -4.65. The summed E-state index contributed by atoms with van der Waals surface area (Å²) in [4.78, 5) is 13.5. The average Bonchev–Trinajstić information content (AvgIpc) is 3.31. The quantitative estimate of drug-likeness (QED) is 0.191. The average molecular weight is 530 g/mol. The van der Waals surface area contributed by atoms with Gasteiger partial charge in [0.25, 0.3) is 0 Å². The number of ether oxygens (including phenoxy) is 1. The maximum atomic E-state index is 13.5. The molecule has 4 rings (SSSR count). The van der Waals surface area contributed by atoms with Crippen LogP contribution in [0.15, 0.2) is 60.8 Å². The van der Waals surface area contributed by atoms with E-state index in [1.807, 2.05) is 55.5 Å². The third kappa shape index (κ3) is 5.21. The first kappa shape index (κ1) is 26.7. The molecule has 1 atom stereocenters. The highest BCUT2D eigenvalue weighted by Crippen LogP contribution is 2.44. The summed E-state index contributed by atoms with van der Waals surface area (Å²) >= 11 is 6.18. The Morgan fingerprint density at radius 1 is 1.05 bits per heavy atom. The van der Waals surface area contributed by atoms with E-state index in [0.717, 1.165) is 26.7 Å². The SMILES string of the molecule is Cc1ccc(C(c2ccn3c(C(F)(F)F)nnc3c2C)C(C)(C)C(=O)OCc2ccccc2)cc1CCl. The maximum absolute atomic E-state index is 13.5. The van der Waals surface area contributed by atoms with Crippen molar-refractivity contribution >= 4 is 23.2 Å². The van der Waals surface area contributed by atoms with E-state index in [1.54, 1.807) is 26.8 Å². The van der Waals surface area contributed by atoms with Gasteiger partial charge in [0.15, 0.2) is 5.65 Å². The molecule has 0 aliphatic heterocycles. The lowest BCUT2D eigenvalue weighted by Gasteiger charge is -2.34. The van der Waals surface area contributed by atoms with E-state index in [9.17, 15) is 18.0 Å². The van der Waals surface area contributed by atoms with Crippen LogP contribution in [0.3, 0.4) is 0 Å². The number of pyridine rings is 1. The highest BCUT2D eigenvalue weighted by Gasteiger charge is 2.42.